The van der Waals surface area contributed by atoms with Crippen LogP contribution < -0.4 is 4.74 Å². The van der Waals surface area contributed by atoms with Crippen molar-refractivity contribution in [2.45, 2.75) is 25.9 Å². The van der Waals surface area contributed by atoms with Crippen LogP contribution in [0.5, 0.6) is 5.75 Å². The Labute approximate surface area is 227 Å². The quantitative estimate of drug-likeness (QED) is 0.376. The van der Waals surface area contributed by atoms with Crippen LogP contribution in [0.2, 0.25) is 5.02 Å². The molecule has 0 atom stereocenters. The maximum absolute atomic E-state index is 13.5. The van der Waals surface area contributed by atoms with Gasteiger partial charge in [-0.2, -0.15) is 13.2 Å². The Hall–Kier alpha value is -2.70. The number of hydrogen-bond donors (Lipinski definition) is 1. The largest absolute Gasteiger partial charge is 0.486 e. The zero-order chi connectivity index (χ0) is 27.1. The SMILES string of the molecule is O=C(c1cccc(C(F)(F)F)c1)N(CCN1CCOCC1)Cc1cc(Cl)ccc1OCc1nc(CO)cs1. The second-order valence-corrected chi connectivity index (χ2v) is 10.1. The first-order valence-corrected chi connectivity index (χ1v) is 13.2. The number of alkyl halides is 3. The standard InChI is InChI=1S/C26H27ClF3N3O4S/c27-21-4-5-23(37-16-24-31-22(15-34)17-38-24)19(13-21)14-33(7-6-32-8-10-36-11-9-32)25(35)18-2-1-3-20(12-18)26(28,29)30/h1-5,12-13,17,34H,6-11,14-16H2. The molecule has 1 N–H and O–H groups in total. The van der Waals surface area contributed by atoms with E-state index in [2.05, 4.69) is 9.88 Å². The van der Waals surface area contributed by atoms with Crippen molar-refractivity contribution in [3.8, 4) is 5.75 Å². The Morgan fingerprint density at radius 2 is 2.00 bits per heavy atom. The second kappa shape index (κ2) is 12.9. The smallest absolute Gasteiger partial charge is 0.416 e. The summed E-state index contributed by atoms with van der Waals surface area (Å²) < 4.78 is 51.3. The highest BCUT2D eigenvalue weighted by atomic mass is 35.5. The lowest BCUT2D eigenvalue weighted by atomic mass is 10.1. The molecule has 4 rings (SSSR count). The molecule has 38 heavy (non-hydrogen) atoms. The molecule has 0 unspecified atom stereocenters. The van der Waals surface area contributed by atoms with Gasteiger partial charge in [0.25, 0.3) is 5.91 Å². The first-order chi connectivity index (χ1) is 18.2. The number of hydrogen-bond acceptors (Lipinski definition) is 7. The molecule has 3 aromatic rings. The number of rotatable bonds is 10. The molecule has 7 nitrogen and oxygen atoms in total. The lowest BCUT2D eigenvalue weighted by Gasteiger charge is -2.30. The van der Waals surface area contributed by atoms with Gasteiger partial charge in [0.15, 0.2) is 0 Å². The zero-order valence-corrected chi connectivity index (χ0v) is 22.0. The van der Waals surface area contributed by atoms with E-state index in [0.717, 1.165) is 12.1 Å². The number of halogens is 4. The van der Waals surface area contributed by atoms with Crippen molar-refractivity contribution in [2.75, 3.05) is 39.4 Å². The van der Waals surface area contributed by atoms with Gasteiger partial charge in [-0.15, -0.1) is 11.3 Å². The molecule has 0 bridgehead atoms. The van der Waals surface area contributed by atoms with Crippen LogP contribution in [-0.2, 0) is 30.7 Å². The fraction of sp³-hybridized carbons (Fsp3) is 0.385. The summed E-state index contributed by atoms with van der Waals surface area (Å²) in [6.45, 7) is 3.47. The molecule has 1 amide bonds. The molecule has 1 saturated heterocycles. The molecule has 1 aliphatic heterocycles. The van der Waals surface area contributed by atoms with Gasteiger partial charge in [0, 0.05) is 54.3 Å². The fourth-order valence-electron chi connectivity index (χ4n) is 4.00. The predicted molar refractivity (Wildman–Crippen MR) is 137 cm³/mol. The number of carbonyl (C=O) groups is 1. The van der Waals surface area contributed by atoms with Crippen LogP contribution in [0.15, 0.2) is 47.8 Å². The second-order valence-electron chi connectivity index (χ2n) is 8.69. The summed E-state index contributed by atoms with van der Waals surface area (Å²) in [6.07, 6.45) is -4.56. The van der Waals surface area contributed by atoms with Gasteiger partial charge in [0.2, 0.25) is 0 Å². The maximum Gasteiger partial charge on any atom is 0.416 e. The van der Waals surface area contributed by atoms with Gasteiger partial charge in [0.05, 0.1) is 31.1 Å². The van der Waals surface area contributed by atoms with Crippen molar-refractivity contribution >= 4 is 28.8 Å². The monoisotopic (exact) mass is 569 g/mol. The molecule has 2 aromatic carbocycles. The van der Waals surface area contributed by atoms with Crippen molar-refractivity contribution in [1.82, 2.24) is 14.8 Å². The van der Waals surface area contributed by atoms with Crippen LogP contribution >= 0.6 is 22.9 Å². The minimum Gasteiger partial charge on any atom is -0.486 e. The molecule has 204 valence electrons. The molecular formula is C26H27ClF3N3O4S. The van der Waals surface area contributed by atoms with E-state index in [1.807, 2.05) is 0 Å². The minimum atomic E-state index is -4.56. The lowest BCUT2D eigenvalue weighted by molar-refractivity contribution is -0.137. The number of benzene rings is 2. The van der Waals surface area contributed by atoms with Crippen LogP contribution in [0, 0.1) is 0 Å². The molecule has 1 aliphatic rings. The molecule has 0 saturated carbocycles. The number of aliphatic hydroxyl groups is 1. The molecule has 1 fully saturated rings. The first kappa shape index (κ1) is 28.3. The van der Waals surface area contributed by atoms with Crippen molar-refractivity contribution in [3.63, 3.8) is 0 Å². The van der Waals surface area contributed by atoms with E-state index in [0.29, 0.717) is 59.9 Å². The third-order valence-electron chi connectivity index (χ3n) is 6.01. The average Bonchev–Trinajstić information content (AvgIpc) is 3.38. The summed E-state index contributed by atoms with van der Waals surface area (Å²) in [6, 6.07) is 9.47. The summed E-state index contributed by atoms with van der Waals surface area (Å²) in [5.41, 5.74) is 0.226. The highest BCUT2D eigenvalue weighted by Crippen LogP contribution is 2.30. The molecule has 0 aliphatic carbocycles. The number of nitrogens with zero attached hydrogens (tertiary/aromatic N) is 3. The maximum atomic E-state index is 13.5. The van der Waals surface area contributed by atoms with Crippen molar-refractivity contribution in [3.05, 3.63) is 80.3 Å². The van der Waals surface area contributed by atoms with Gasteiger partial charge in [-0.05, 0) is 36.4 Å². The summed E-state index contributed by atoms with van der Waals surface area (Å²) >= 11 is 7.61. The van der Waals surface area contributed by atoms with Gasteiger partial charge in [-0.3, -0.25) is 9.69 Å². The number of amides is 1. The van der Waals surface area contributed by atoms with Crippen LogP contribution in [0.25, 0.3) is 0 Å². The van der Waals surface area contributed by atoms with E-state index >= 15 is 0 Å². The topological polar surface area (TPSA) is 75.1 Å². The number of morpholine rings is 1. The highest BCUT2D eigenvalue weighted by Gasteiger charge is 2.31. The molecule has 2 heterocycles. The molecule has 12 heteroatoms. The Morgan fingerprint density at radius 3 is 2.71 bits per heavy atom. The van der Waals surface area contributed by atoms with E-state index in [1.54, 1.807) is 23.6 Å². The van der Waals surface area contributed by atoms with E-state index in [1.165, 1.54) is 28.4 Å². The van der Waals surface area contributed by atoms with Gasteiger partial charge < -0.3 is 19.5 Å². The summed E-state index contributed by atoms with van der Waals surface area (Å²) in [7, 11) is 0. The Bertz CT molecular complexity index is 1230. The number of aromatic nitrogens is 1. The number of aliphatic hydroxyl groups excluding tert-OH is 1. The van der Waals surface area contributed by atoms with Crippen LogP contribution in [0.1, 0.15) is 32.2 Å². The molecule has 0 spiro atoms. The van der Waals surface area contributed by atoms with E-state index in [4.69, 9.17) is 21.1 Å². The third kappa shape index (κ3) is 7.67. The van der Waals surface area contributed by atoms with E-state index in [-0.39, 0.29) is 31.9 Å². The van der Waals surface area contributed by atoms with Crippen LogP contribution in [0.3, 0.4) is 0 Å². The normalized spacial score (nSPS) is 14.4. The Morgan fingerprint density at radius 1 is 1.21 bits per heavy atom. The minimum absolute atomic E-state index is 0.0504. The van der Waals surface area contributed by atoms with Crippen LogP contribution in [-0.4, -0.2) is 65.2 Å². The van der Waals surface area contributed by atoms with Gasteiger partial charge in [-0.1, -0.05) is 17.7 Å². The fourth-order valence-corrected chi connectivity index (χ4v) is 4.89. The molecular weight excluding hydrogens is 543 g/mol. The lowest BCUT2D eigenvalue weighted by Crippen LogP contribution is -2.43. The van der Waals surface area contributed by atoms with Gasteiger partial charge >= 0.3 is 6.18 Å². The van der Waals surface area contributed by atoms with Crippen molar-refractivity contribution in [1.29, 1.82) is 0 Å². The Balaban J connectivity index is 1.57. The van der Waals surface area contributed by atoms with Gasteiger partial charge in [0.1, 0.15) is 17.4 Å². The third-order valence-corrected chi connectivity index (χ3v) is 7.12. The van der Waals surface area contributed by atoms with Gasteiger partial charge in [-0.25, -0.2) is 4.98 Å². The first-order valence-electron chi connectivity index (χ1n) is 11.9. The average molecular weight is 570 g/mol. The molecule has 1 aromatic heterocycles. The van der Waals surface area contributed by atoms with Crippen molar-refractivity contribution < 1.29 is 32.5 Å². The van der Waals surface area contributed by atoms with Crippen LogP contribution in [0.4, 0.5) is 13.2 Å². The summed E-state index contributed by atoms with van der Waals surface area (Å²) in [5.74, 6) is -0.0499. The molecule has 0 radical (unpaired) electrons. The zero-order valence-electron chi connectivity index (χ0n) is 20.4. The summed E-state index contributed by atoms with van der Waals surface area (Å²) in [4.78, 5) is 21.5. The number of carbonyl (C=O) groups excluding carboxylic acids is 1. The Kier molecular flexibility index (Phi) is 9.61. The summed E-state index contributed by atoms with van der Waals surface area (Å²) in [5, 5.41) is 12.1. The van der Waals surface area contributed by atoms with Crippen molar-refractivity contribution in [2.24, 2.45) is 0 Å². The number of thiazole rings is 1. The number of ether oxygens (including phenoxy) is 2. The predicted octanol–water partition coefficient (Wildman–Crippen LogP) is 4.86. The van der Waals surface area contributed by atoms with E-state index in [9.17, 15) is 23.1 Å². The highest BCUT2D eigenvalue weighted by molar-refractivity contribution is 7.09. The van der Waals surface area contributed by atoms with E-state index < -0.39 is 17.6 Å².